The molecule has 1 aliphatic rings. The number of aromatic nitrogens is 1. The maximum atomic E-state index is 4.56. The summed E-state index contributed by atoms with van der Waals surface area (Å²) in [5.74, 6) is 0. The summed E-state index contributed by atoms with van der Waals surface area (Å²) in [6.07, 6.45) is 5.92. The number of nitrogens with zero attached hydrogens (tertiary/aromatic N) is 1. The van der Waals surface area contributed by atoms with E-state index in [1.54, 1.807) is 0 Å². The minimum absolute atomic E-state index is 0.234. The van der Waals surface area contributed by atoms with Crippen LogP contribution in [-0.4, -0.2) is 16.3 Å². The Bertz CT molecular complexity index is 347. The fourth-order valence-electron chi connectivity index (χ4n) is 2.11. The summed E-state index contributed by atoms with van der Waals surface area (Å²) >= 11 is 1.82. The van der Waals surface area contributed by atoms with Gasteiger partial charge in [-0.05, 0) is 31.0 Å². The lowest BCUT2D eigenvalue weighted by molar-refractivity contribution is 0.411. The van der Waals surface area contributed by atoms with Crippen molar-refractivity contribution in [2.24, 2.45) is 0 Å². The summed E-state index contributed by atoms with van der Waals surface area (Å²) in [4.78, 5) is 4.56. The molecular formula is C14H22N2S. The molecule has 0 aromatic carbocycles. The lowest BCUT2D eigenvalue weighted by Crippen LogP contribution is -2.26. The van der Waals surface area contributed by atoms with Crippen molar-refractivity contribution in [2.45, 2.75) is 55.8 Å². The predicted octanol–water partition coefficient (Wildman–Crippen LogP) is 3.79. The van der Waals surface area contributed by atoms with Crippen LogP contribution in [0.2, 0.25) is 0 Å². The Morgan fingerprint density at radius 1 is 1.29 bits per heavy atom. The molecule has 0 amide bonds. The quantitative estimate of drug-likeness (QED) is 0.808. The SMILES string of the molecule is CC(C)(C)Sc1ccc([C@@H]2CCCCN2)cn1. The van der Waals surface area contributed by atoms with Gasteiger partial charge >= 0.3 is 0 Å². The Balaban J connectivity index is 2.02. The first-order valence-corrected chi connectivity index (χ1v) is 7.25. The van der Waals surface area contributed by atoms with Crippen molar-refractivity contribution >= 4 is 11.8 Å². The van der Waals surface area contributed by atoms with Gasteiger partial charge in [0.25, 0.3) is 0 Å². The number of pyridine rings is 1. The zero-order valence-corrected chi connectivity index (χ0v) is 11.8. The van der Waals surface area contributed by atoms with E-state index in [1.807, 2.05) is 18.0 Å². The van der Waals surface area contributed by atoms with Crippen LogP contribution in [0.3, 0.4) is 0 Å². The minimum atomic E-state index is 0.234. The summed E-state index contributed by atoms with van der Waals surface area (Å²) in [7, 11) is 0. The molecule has 17 heavy (non-hydrogen) atoms. The molecule has 1 fully saturated rings. The molecule has 0 saturated carbocycles. The van der Waals surface area contributed by atoms with Gasteiger partial charge in [0.2, 0.25) is 0 Å². The molecule has 1 aromatic rings. The second-order valence-electron chi connectivity index (χ2n) is 5.65. The van der Waals surface area contributed by atoms with E-state index in [1.165, 1.54) is 24.8 Å². The molecular weight excluding hydrogens is 228 g/mol. The highest BCUT2D eigenvalue weighted by Gasteiger charge is 2.16. The van der Waals surface area contributed by atoms with Gasteiger partial charge in [-0.1, -0.05) is 33.3 Å². The van der Waals surface area contributed by atoms with Crippen LogP contribution in [-0.2, 0) is 0 Å². The fraction of sp³-hybridized carbons (Fsp3) is 0.643. The van der Waals surface area contributed by atoms with Crippen molar-refractivity contribution < 1.29 is 0 Å². The van der Waals surface area contributed by atoms with Crippen LogP contribution in [0.25, 0.3) is 0 Å². The highest BCUT2D eigenvalue weighted by Crippen LogP contribution is 2.31. The van der Waals surface area contributed by atoms with Gasteiger partial charge in [0.05, 0.1) is 5.03 Å². The zero-order chi connectivity index (χ0) is 12.3. The molecule has 94 valence electrons. The third kappa shape index (κ3) is 4.00. The van der Waals surface area contributed by atoms with Gasteiger partial charge in [0.1, 0.15) is 0 Å². The zero-order valence-electron chi connectivity index (χ0n) is 11.0. The highest BCUT2D eigenvalue weighted by atomic mass is 32.2. The maximum Gasteiger partial charge on any atom is 0.0965 e. The van der Waals surface area contributed by atoms with Gasteiger partial charge in [-0.3, -0.25) is 0 Å². The summed E-state index contributed by atoms with van der Waals surface area (Å²) < 4.78 is 0.234. The second kappa shape index (κ2) is 5.40. The largest absolute Gasteiger partial charge is 0.310 e. The Morgan fingerprint density at radius 3 is 2.65 bits per heavy atom. The molecule has 1 aromatic heterocycles. The van der Waals surface area contributed by atoms with Gasteiger partial charge in [-0.2, -0.15) is 0 Å². The molecule has 0 unspecified atom stereocenters. The van der Waals surface area contributed by atoms with Crippen LogP contribution in [0.4, 0.5) is 0 Å². The molecule has 2 heterocycles. The minimum Gasteiger partial charge on any atom is -0.310 e. The topological polar surface area (TPSA) is 24.9 Å². The lowest BCUT2D eigenvalue weighted by atomic mass is 9.99. The van der Waals surface area contributed by atoms with Crippen molar-refractivity contribution in [3.8, 4) is 0 Å². The number of rotatable bonds is 2. The van der Waals surface area contributed by atoms with Crippen LogP contribution in [0, 0.1) is 0 Å². The fourth-order valence-corrected chi connectivity index (χ4v) is 2.98. The van der Waals surface area contributed by atoms with Gasteiger partial charge in [-0.25, -0.2) is 4.98 Å². The Morgan fingerprint density at radius 2 is 2.12 bits per heavy atom. The van der Waals surface area contributed by atoms with Crippen LogP contribution in [0.15, 0.2) is 23.4 Å². The number of hydrogen-bond donors (Lipinski definition) is 1. The average molecular weight is 250 g/mol. The van der Waals surface area contributed by atoms with Crippen LogP contribution in [0.5, 0.6) is 0 Å². The van der Waals surface area contributed by atoms with E-state index in [2.05, 4.69) is 43.2 Å². The summed E-state index contributed by atoms with van der Waals surface area (Å²) in [6, 6.07) is 4.90. The predicted molar refractivity (Wildman–Crippen MR) is 74.4 cm³/mol. The molecule has 1 N–H and O–H groups in total. The number of nitrogens with one attached hydrogen (secondary N) is 1. The highest BCUT2D eigenvalue weighted by molar-refractivity contribution is 8.00. The second-order valence-corrected chi connectivity index (χ2v) is 7.49. The molecule has 0 bridgehead atoms. The molecule has 0 spiro atoms. The molecule has 3 heteroatoms. The van der Waals surface area contributed by atoms with E-state index < -0.39 is 0 Å². The Kier molecular flexibility index (Phi) is 4.10. The number of thioether (sulfide) groups is 1. The third-order valence-corrected chi connectivity index (χ3v) is 3.95. The van der Waals surface area contributed by atoms with Crippen LogP contribution in [0.1, 0.15) is 51.6 Å². The monoisotopic (exact) mass is 250 g/mol. The van der Waals surface area contributed by atoms with Gasteiger partial charge in [-0.15, -0.1) is 11.8 Å². The first-order valence-electron chi connectivity index (χ1n) is 6.43. The summed E-state index contributed by atoms with van der Waals surface area (Å²) in [5.41, 5.74) is 1.34. The smallest absolute Gasteiger partial charge is 0.0965 e. The van der Waals surface area contributed by atoms with E-state index in [4.69, 9.17) is 0 Å². The number of piperidine rings is 1. The lowest BCUT2D eigenvalue weighted by Gasteiger charge is -2.24. The van der Waals surface area contributed by atoms with Gasteiger partial charge in [0.15, 0.2) is 0 Å². The molecule has 1 aliphatic heterocycles. The van der Waals surface area contributed by atoms with Gasteiger partial charge < -0.3 is 5.32 Å². The van der Waals surface area contributed by atoms with Crippen LogP contribution >= 0.6 is 11.8 Å². The first kappa shape index (κ1) is 12.9. The first-order chi connectivity index (χ1) is 8.04. The molecule has 2 nitrogen and oxygen atoms in total. The number of hydrogen-bond acceptors (Lipinski definition) is 3. The maximum absolute atomic E-state index is 4.56. The Hall–Kier alpha value is -0.540. The molecule has 0 radical (unpaired) electrons. The molecule has 0 aliphatic carbocycles. The van der Waals surface area contributed by atoms with Crippen molar-refractivity contribution in [3.63, 3.8) is 0 Å². The third-order valence-electron chi connectivity index (χ3n) is 2.88. The van der Waals surface area contributed by atoms with Crippen molar-refractivity contribution in [2.75, 3.05) is 6.54 Å². The molecule has 2 rings (SSSR count). The van der Waals surface area contributed by atoms with Gasteiger partial charge in [0, 0.05) is 17.0 Å². The van der Waals surface area contributed by atoms with E-state index in [0.29, 0.717) is 6.04 Å². The van der Waals surface area contributed by atoms with Crippen molar-refractivity contribution in [1.82, 2.24) is 10.3 Å². The van der Waals surface area contributed by atoms with Crippen LogP contribution < -0.4 is 5.32 Å². The average Bonchev–Trinajstić information content (AvgIpc) is 2.29. The normalized spacial score (nSPS) is 21.5. The standard InChI is InChI=1S/C14H22N2S/c1-14(2,3)17-13-8-7-11(10-16-13)12-6-4-5-9-15-12/h7-8,10,12,15H,4-6,9H2,1-3H3/t12-/m0/s1. The Labute approximate surface area is 109 Å². The molecule has 1 atom stereocenters. The van der Waals surface area contributed by atoms with E-state index in [-0.39, 0.29) is 4.75 Å². The van der Waals surface area contributed by atoms with E-state index >= 15 is 0 Å². The van der Waals surface area contributed by atoms with Crippen molar-refractivity contribution in [1.29, 1.82) is 0 Å². The van der Waals surface area contributed by atoms with E-state index in [0.717, 1.165) is 11.6 Å². The van der Waals surface area contributed by atoms with Crippen molar-refractivity contribution in [3.05, 3.63) is 23.9 Å². The summed E-state index contributed by atoms with van der Waals surface area (Å²) in [5, 5.41) is 4.68. The molecule has 1 saturated heterocycles. The van der Waals surface area contributed by atoms with E-state index in [9.17, 15) is 0 Å². The summed E-state index contributed by atoms with van der Waals surface area (Å²) in [6.45, 7) is 7.80.